The van der Waals surface area contributed by atoms with Crippen molar-refractivity contribution in [1.82, 2.24) is 20.0 Å². The van der Waals surface area contributed by atoms with Crippen LogP contribution in [0.15, 0.2) is 36.5 Å². The van der Waals surface area contributed by atoms with Gasteiger partial charge in [-0.15, -0.1) is 0 Å². The smallest absolute Gasteiger partial charge is 0.0727 e. The van der Waals surface area contributed by atoms with Crippen LogP contribution in [-0.4, -0.2) is 41.4 Å². The van der Waals surface area contributed by atoms with Crippen molar-refractivity contribution in [2.75, 3.05) is 20.6 Å². The first-order chi connectivity index (χ1) is 10.2. The second kappa shape index (κ2) is 6.41. The Bertz CT molecular complexity index is 546. The third-order valence-electron chi connectivity index (χ3n) is 3.88. The zero-order valence-electron chi connectivity index (χ0n) is 12.9. The van der Waals surface area contributed by atoms with Crippen LogP contribution in [0.5, 0.6) is 0 Å². The predicted octanol–water partition coefficient (Wildman–Crippen LogP) is 2.36. The number of hydrogen-bond acceptors (Lipinski definition) is 3. The standard InChI is InChI=1S/C17H24N4/c1-20(2)10-11-21-17(14-6-4-3-5-7-14)15(13-19-21)12-18-16-8-9-16/h3-7,13,16,18H,8-12H2,1-2H3. The Labute approximate surface area is 126 Å². The molecular formula is C17H24N4. The molecule has 3 rings (SSSR count). The maximum absolute atomic E-state index is 4.61. The average molecular weight is 284 g/mol. The Morgan fingerprint density at radius 1 is 1.24 bits per heavy atom. The largest absolute Gasteiger partial charge is 0.310 e. The Hall–Kier alpha value is -1.65. The molecule has 0 amide bonds. The minimum atomic E-state index is 0.721. The van der Waals surface area contributed by atoms with Crippen molar-refractivity contribution in [3.63, 3.8) is 0 Å². The molecule has 0 unspecified atom stereocenters. The van der Waals surface area contributed by atoms with Crippen LogP contribution in [0.1, 0.15) is 18.4 Å². The number of nitrogens with zero attached hydrogens (tertiary/aromatic N) is 3. The molecule has 1 aromatic carbocycles. The molecule has 21 heavy (non-hydrogen) atoms. The van der Waals surface area contributed by atoms with Gasteiger partial charge in [-0.1, -0.05) is 30.3 Å². The van der Waals surface area contributed by atoms with Crippen molar-refractivity contribution in [3.8, 4) is 11.3 Å². The van der Waals surface area contributed by atoms with Gasteiger partial charge in [-0.25, -0.2) is 0 Å². The molecule has 4 nitrogen and oxygen atoms in total. The summed E-state index contributed by atoms with van der Waals surface area (Å²) in [5.41, 5.74) is 3.80. The van der Waals surface area contributed by atoms with E-state index in [4.69, 9.17) is 0 Å². The Morgan fingerprint density at radius 2 is 2.00 bits per heavy atom. The molecule has 1 fully saturated rings. The third kappa shape index (κ3) is 3.71. The van der Waals surface area contributed by atoms with Gasteiger partial charge in [0.25, 0.3) is 0 Å². The average Bonchev–Trinajstić information content (AvgIpc) is 3.23. The molecule has 0 bridgehead atoms. The molecule has 112 valence electrons. The van der Waals surface area contributed by atoms with Gasteiger partial charge in [0.05, 0.1) is 18.4 Å². The Kier molecular flexibility index (Phi) is 4.36. The quantitative estimate of drug-likeness (QED) is 0.847. The van der Waals surface area contributed by atoms with Crippen LogP contribution in [0, 0.1) is 0 Å². The normalized spacial score (nSPS) is 14.8. The molecule has 0 atom stereocenters. The highest BCUT2D eigenvalue weighted by atomic mass is 15.3. The number of nitrogens with one attached hydrogen (secondary N) is 1. The van der Waals surface area contributed by atoms with Gasteiger partial charge in [0.15, 0.2) is 0 Å². The zero-order chi connectivity index (χ0) is 14.7. The van der Waals surface area contributed by atoms with E-state index >= 15 is 0 Å². The Morgan fingerprint density at radius 3 is 2.67 bits per heavy atom. The Balaban J connectivity index is 1.84. The van der Waals surface area contributed by atoms with E-state index in [1.807, 2.05) is 6.20 Å². The summed E-state index contributed by atoms with van der Waals surface area (Å²) in [4.78, 5) is 2.19. The van der Waals surface area contributed by atoms with Gasteiger partial charge in [-0.2, -0.15) is 5.10 Å². The lowest BCUT2D eigenvalue weighted by Gasteiger charge is -2.13. The van der Waals surface area contributed by atoms with Crippen molar-refractivity contribution >= 4 is 0 Å². The number of likely N-dealkylation sites (N-methyl/N-ethyl adjacent to an activating group) is 1. The van der Waals surface area contributed by atoms with Crippen molar-refractivity contribution < 1.29 is 0 Å². The van der Waals surface area contributed by atoms with Gasteiger partial charge in [0.2, 0.25) is 0 Å². The van der Waals surface area contributed by atoms with E-state index in [1.165, 1.54) is 29.7 Å². The molecule has 1 aliphatic rings. The SMILES string of the molecule is CN(C)CCn1ncc(CNC2CC2)c1-c1ccccc1. The van der Waals surface area contributed by atoms with Crippen molar-refractivity contribution in [1.29, 1.82) is 0 Å². The highest BCUT2D eigenvalue weighted by molar-refractivity contribution is 5.63. The fraction of sp³-hybridized carbons (Fsp3) is 0.471. The summed E-state index contributed by atoms with van der Waals surface area (Å²) in [5.74, 6) is 0. The van der Waals surface area contributed by atoms with Crippen molar-refractivity contribution in [2.45, 2.75) is 32.0 Å². The fourth-order valence-electron chi connectivity index (χ4n) is 2.49. The van der Waals surface area contributed by atoms with Crippen LogP contribution in [0.3, 0.4) is 0 Å². The van der Waals surface area contributed by atoms with Crippen LogP contribution in [0.2, 0.25) is 0 Å². The van der Waals surface area contributed by atoms with Gasteiger partial charge in [0, 0.05) is 30.3 Å². The molecule has 0 radical (unpaired) electrons. The van der Waals surface area contributed by atoms with E-state index in [1.54, 1.807) is 0 Å². The number of benzene rings is 1. The lowest BCUT2D eigenvalue weighted by Crippen LogP contribution is -2.20. The molecule has 2 aromatic rings. The van der Waals surface area contributed by atoms with Crippen LogP contribution in [0.4, 0.5) is 0 Å². The summed E-state index contributed by atoms with van der Waals surface area (Å²) in [6, 6.07) is 11.3. The van der Waals surface area contributed by atoms with Crippen molar-refractivity contribution in [2.24, 2.45) is 0 Å². The van der Waals surface area contributed by atoms with Crippen LogP contribution < -0.4 is 5.32 Å². The second-order valence-electron chi connectivity index (χ2n) is 6.07. The number of rotatable bonds is 7. The highest BCUT2D eigenvalue weighted by Gasteiger charge is 2.21. The van der Waals surface area contributed by atoms with Gasteiger partial charge in [-0.05, 0) is 26.9 Å². The minimum Gasteiger partial charge on any atom is -0.310 e. The summed E-state index contributed by atoms with van der Waals surface area (Å²) >= 11 is 0. The fourth-order valence-corrected chi connectivity index (χ4v) is 2.49. The molecule has 0 spiro atoms. The molecule has 1 aliphatic carbocycles. The van der Waals surface area contributed by atoms with E-state index in [0.29, 0.717) is 0 Å². The van der Waals surface area contributed by atoms with Gasteiger partial charge < -0.3 is 10.2 Å². The predicted molar refractivity (Wildman–Crippen MR) is 86.1 cm³/mol. The summed E-state index contributed by atoms with van der Waals surface area (Å²) in [5, 5.41) is 8.21. The molecule has 0 saturated heterocycles. The summed E-state index contributed by atoms with van der Waals surface area (Å²) in [7, 11) is 4.20. The van der Waals surface area contributed by atoms with E-state index in [9.17, 15) is 0 Å². The van der Waals surface area contributed by atoms with Gasteiger partial charge in [-0.3, -0.25) is 4.68 Å². The van der Waals surface area contributed by atoms with Gasteiger partial charge in [0.1, 0.15) is 0 Å². The summed E-state index contributed by atoms with van der Waals surface area (Å²) in [6.45, 7) is 2.83. The first-order valence-corrected chi connectivity index (χ1v) is 7.72. The van der Waals surface area contributed by atoms with Crippen LogP contribution in [0.25, 0.3) is 11.3 Å². The maximum atomic E-state index is 4.61. The molecule has 1 heterocycles. The van der Waals surface area contributed by atoms with E-state index in [0.717, 1.165) is 25.7 Å². The third-order valence-corrected chi connectivity index (χ3v) is 3.88. The first kappa shape index (κ1) is 14.3. The van der Waals surface area contributed by atoms with Gasteiger partial charge >= 0.3 is 0 Å². The molecular weight excluding hydrogens is 260 g/mol. The first-order valence-electron chi connectivity index (χ1n) is 7.72. The second-order valence-corrected chi connectivity index (χ2v) is 6.07. The number of aromatic nitrogens is 2. The molecule has 1 aromatic heterocycles. The number of hydrogen-bond donors (Lipinski definition) is 1. The minimum absolute atomic E-state index is 0.721. The molecule has 1 saturated carbocycles. The van der Waals surface area contributed by atoms with Crippen molar-refractivity contribution in [3.05, 3.63) is 42.1 Å². The van der Waals surface area contributed by atoms with Crippen LogP contribution in [-0.2, 0) is 13.1 Å². The zero-order valence-corrected chi connectivity index (χ0v) is 12.9. The summed E-state index contributed by atoms with van der Waals surface area (Å²) < 4.78 is 2.14. The molecule has 4 heteroatoms. The van der Waals surface area contributed by atoms with E-state index in [2.05, 4.69) is 64.4 Å². The maximum Gasteiger partial charge on any atom is 0.0727 e. The molecule has 1 N–H and O–H groups in total. The summed E-state index contributed by atoms with van der Waals surface area (Å²) in [6.07, 6.45) is 4.65. The topological polar surface area (TPSA) is 33.1 Å². The highest BCUT2D eigenvalue weighted by Crippen LogP contribution is 2.25. The monoisotopic (exact) mass is 284 g/mol. The lowest BCUT2D eigenvalue weighted by molar-refractivity contribution is 0.374. The van der Waals surface area contributed by atoms with E-state index in [-0.39, 0.29) is 0 Å². The molecule has 0 aliphatic heterocycles. The van der Waals surface area contributed by atoms with Crippen LogP contribution >= 0.6 is 0 Å². The van der Waals surface area contributed by atoms with E-state index < -0.39 is 0 Å². The lowest BCUT2D eigenvalue weighted by atomic mass is 10.1.